The van der Waals surface area contributed by atoms with Gasteiger partial charge in [-0.1, -0.05) is 0 Å². The number of imidazole rings is 1. The number of anilines is 3. The summed E-state index contributed by atoms with van der Waals surface area (Å²) in [5, 5.41) is 17.6. The van der Waals surface area contributed by atoms with Crippen molar-refractivity contribution < 1.29 is 19.2 Å². The van der Waals surface area contributed by atoms with E-state index in [1.165, 1.54) is 22.9 Å². The van der Waals surface area contributed by atoms with Crippen molar-refractivity contribution in [2.45, 2.75) is 6.42 Å². The number of aryl methyl sites for hydroxylation is 3. The van der Waals surface area contributed by atoms with E-state index in [2.05, 4.69) is 26.3 Å². The summed E-state index contributed by atoms with van der Waals surface area (Å²) in [5.41, 5.74) is 6.71. The lowest BCUT2D eigenvalue weighted by Gasteiger charge is -2.04. The van der Waals surface area contributed by atoms with Crippen molar-refractivity contribution in [1.82, 2.24) is 24.0 Å². The number of carbonyl (C=O) groups excluding carboxylic acids is 4. The van der Waals surface area contributed by atoms with Crippen molar-refractivity contribution in [2.24, 2.45) is 26.9 Å². The van der Waals surface area contributed by atoms with Gasteiger partial charge in [-0.2, -0.15) is 0 Å². The van der Waals surface area contributed by atoms with E-state index in [0.29, 0.717) is 23.5 Å². The van der Waals surface area contributed by atoms with Crippen LogP contribution in [0.1, 0.15) is 38.0 Å². The summed E-state index contributed by atoms with van der Waals surface area (Å²) in [6.07, 6.45) is 5.39. The smallest absolute Gasteiger partial charge is 0.291 e. The average molecular weight is 483 g/mol. The summed E-state index contributed by atoms with van der Waals surface area (Å²) in [6, 6.07) is 3.01. The van der Waals surface area contributed by atoms with Gasteiger partial charge in [-0.3, -0.25) is 24.6 Å². The molecule has 3 rings (SSSR count). The number of amides is 4. The molecule has 0 saturated heterocycles. The predicted octanol–water partition coefficient (Wildman–Crippen LogP) is 0.226. The zero-order chi connectivity index (χ0) is 25.7. The van der Waals surface area contributed by atoms with Crippen molar-refractivity contribution >= 4 is 47.2 Å². The van der Waals surface area contributed by atoms with Crippen molar-refractivity contribution in [2.75, 3.05) is 22.5 Å². The van der Waals surface area contributed by atoms with Gasteiger partial charge in [0.05, 0.1) is 17.2 Å². The molecule has 35 heavy (non-hydrogen) atoms. The number of rotatable bonds is 10. The number of amidine groups is 1. The van der Waals surface area contributed by atoms with Crippen LogP contribution in [0.2, 0.25) is 0 Å². The van der Waals surface area contributed by atoms with Crippen LogP contribution in [-0.2, 0) is 25.9 Å². The standard InChI is InChI=1S/C21H26N10O4/c1-29-8-12(25-11-32)6-15(29)20(34)28-17-10-31(3)18(27-17)21(35)26-13-7-14(30(2)9-13)19(33)24-5-4-16(22)23/h6-11H,4-5H2,1-3H3,(H3,22,23)(H,24,33)(H,25,32)(H,26,35)(H,28,34). The van der Waals surface area contributed by atoms with Gasteiger partial charge in [-0.05, 0) is 12.1 Å². The first kappa shape index (κ1) is 24.8. The number of aromatic nitrogens is 4. The Morgan fingerprint density at radius 1 is 0.943 bits per heavy atom. The molecule has 0 aliphatic rings. The highest BCUT2D eigenvalue weighted by atomic mass is 16.2. The lowest BCUT2D eigenvalue weighted by Crippen LogP contribution is -2.28. The molecule has 3 aromatic heterocycles. The van der Waals surface area contributed by atoms with Crippen LogP contribution in [0.25, 0.3) is 0 Å². The Hall–Kier alpha value is -4.88. The Balaban J connectivity index is 1.67. The van der Waals surface area contributed by atoms with Gasteiger partial charge in [0, 0.05) is 52.7 Å². The van der Waals surface area contributed by atoms with E-state index in [1.54, 1.807) is 42.7 Å². The minimum Gasteiger partial charge on any atom is -0.388 e. The van der Waals surface area contributed by atoms with Crippen LogP contribution in [0.15, 0.2) is 30.7 Å². The van der Waals surface area contributed by atoms with Crippen LogP contribution < -0.4 is 27.0 Å². The molecule has 0 aliphatic heterocycles. The molecule has 0 saturated carbocycles. The Morgan fingerprint density at radius 2 is 1.57 bits per heavy atom. The molecule has 184 valence electrons. The largest absolute Gasteiger partial charge is 0.388 e. The van der Waals surface area contributed by atoms with Crippen LogP contribution in [-0.4, -0.2) is 55.2 Å². The first-order valence-corrected chi connectivity index (χ1v) is 10.4. The molecule has 0 fully saturated rings. The summed E-state index contributed by atoms with van der Waals surface area (Å²) in [6.45, 7) is 0.223. The molecule has 0 aromatic carbocycles. The third kappa shape index (κ3) is 5.93. The number of hydrogen-bond donors (Lipinski definition) is 6. The molecule has 0 atom stereocenters. The van der Waals surface area contributed by atoms with Gasteiger partial charge in [-0.25, -0.2) is 4.98 Å². The molecular weight excluding hydrogens is 456 g/mol. The SMILES string of the molecule is Cn1cc(NC(=O)c2nc(NC(=O)c3cc(NC=O)cn3C)cn2C)cc1C(=O)NCCC(=N)N. The van der Waals surface area contributed by atoms with Crippen molar-refractivity contribution in [3.05, 3.63) is 47.9 Å². The van der Waals surface area contributed by atoms with E-state index in [0.717, 1.165) is 0 Å². The third-order valence-electron chi connectivity index (χ3n) is 4.96. The van der Waals surface area contributed by atoms with Gasteiger partial charge < -0.3 is 40.7 Å². The highest BCUT2D eigenvalue weighted by molar-refractivity contribution is 6.05. The summed E-state index contributed by atoms with van der Waals surface area (Å²) < 4.78 is 4.55. The number of nitrogens with zero attached hydrogens (tertiary/aromatic N) is 4. The molecule has 0 aliphatic carbocycles. The molecule has 3 aromatic rings. The van der Waals surface area contributed by atoms with Gasteiger partial charge in [0.2, 0.25) is 12.2 Å². The summed E-state index contributed by atoms with van der Waals surface area (Å²) >= 11 is 0. The third-order valence-corrected chi connectivity index (χ3v) is 4.96. The predicted molar refractivity (Wildman–Crippen MR) is 128 cm³/mol. The lowest BCUT2D eigenvalue weighted by atomic mass is 10.3. The summed E-state index contributed by atoms with van der Waals surface area (Å²) in [5.74, 6) is -1.22. The molecule has 14 nitrogen and oxygen atoms in total. The first-order chi connectivity index (χ1) is 16.6. The van der Waals surface area contributed by atoms with Gasteiger partial charge in [0.1, 0.15) is 11.4 Å². The summed E-state index contributed by atoms with van der Waals surface area (Å²) in [7, 11) is 4.91. The van der Waals surface area contributed by atoms with E-state index < -0.39 is 11.8 Å². The Labute approximate surface area is 200 Å². The zero-order valence-electron chi connectivity index (χ0n) is 19.4. The zero-order valence-corrected chi connectivity index (χ0v) is 19.4. The molecule has 0 unspecified atom stereocenters. The fourth-order valence-electron chi connectivity index (χ4n) is 3.30. The van der Waals surface area contributed by atoms with Crippen molar-refractivity contribution in [3.8, 4) is 0 Å². The van der Waals surface area contributed by atoms with Gasteiger partial charge >= 0.3 is 0 Å². The van der Waals surface area contributed by atoms with Crippen LogP contribution in [0.5, 0.6) is 0 Å². The minimum absolute atomic E-state index is 0.0286. The minimum atomic E-state index is -0.543. The van der Waals surface area contributed by atoms with Gasteiger partial charge in [-0.15, -0.1) is 0 Å². The quantitative estimate of drug-likeness (QED) is 0.136. The van der Waals surface area contributed by atoms with Crippen LogP contribution in [0.3, 0.4) is 0 Å². The first-order valence-electron chi connectivity index (χ1n) is 10.4. The maximum atomic E-state index is 12.8. The second kappa shape index (κ2) is 10.4. The maximum Gasteiger partial charge on any atom is 0.291 e. The highest BCUT2D eigenvalue weighted by Gasteiger charge is 2.19. The monoisotopic (exact) mass is 482 g/mol. The topological polar surface area (TPSA) is 194 Å². The van der Waals surface area contributed by atoms with Crippen LogP contribution in [0.4, 0.5) is 17.2 Å². The number of nitrogens with one attached hydrogen (secondary N) is 5. The fourth-order valence-corrected chi connectivity index (χ4v) is 3.30. The highest BCUT2D eigenvalue weighted by Crippen LogP contribution is 2.17. The average Bonchev–Trinajstić information content (AvgIpc) is 3.44. The second-order valence-corrected chi connectivity index (χ2v) is 7.71. The lowest BCUT2D eigenvalue weighted by molar-refractivity contribution is -0.105. The molecule has 0 spiro atoms. The van der Waals surface area contributed by atoms with Crippen LogP contribution >= 0.6 is 0 Å². The van der Waals surface area contributed by atoms with Crippen molar-refractivity contribution in [1.29, 1.82) is 5.41 Å². The molecular formula is C21H26N10O4. The molecule has 3 heterocycles. The number of carbonyl (C=O) groups is 4. The summed E-state index contributed by atoms with van der Waals surface area (Å²) in [4.78, 5) is 52.5. The Kier molecular flexibility index (Phi) is 7.34. The molecule has 14 heteroatoms. The number of hydrogen-bond acceptors (Lipinski definition) is 6. The molecule has 0 radical (unpaired) electrons. The maximum absolute atomic E-state index is 12.8. The van der Waals surface area contributed by atoms with Gasteiger partial charge in [0.15, 0.2) is 5.82 Å². The van der Waals surface area contributed by atoms with Crippen molar-refractivity contribution in [3.63, 3.8) is 0 Å². The van der Waals surface area contributed by atoms with E-state index in [-0.39, 0.29) is 42.0 Å². The van der Waals surface area contributed by atoms with Crippen LogP contribution in [0, 0.1) is 5.41 Å². The van der Waals surface area contributed by atoms with E-state index in [4.69, 9.17) is 11.1 Å². The molecule has 7 N–H and O–H groups in total. The van der Waals surface area contributed by atoms with E-state index in [9.17, 15) is 19.2 Å². The van der Waals surface area contributed by atoms with E-state index in [1.807, 2.05) is 0 Å². The Bertz CT molecular complexity index is 1300. The van der Waals surface area contributed by atoms with Gasteiger partial charge in [0.25, 0.3) is 17.7 Å². The normalized spacial score (nSPS) is 10.5. The Morgan fingerprint density at radius 3 is 2.23 bits per heavy atom. The second-order valence-electron chi connectivity index (χ2n) is 7.71. The van der Waals surface area contributed by atoms with E-state index >= 15 is 0 Å². The fraction of sp³-hybridized carbons (Fsp3) is 0.238. The molecule has 4 amide bonds. The number of nitrogens with two attached hydrogens (primary N) is 1. The molecule has 0 bridgehead atoms.